The van der Waals surface area contributed by atoms with Crippen LogP contribution in [0.2, 0.25) is 10.0 Å². The van der Waals surface area contributed by atoms with Crippen molar-refractivity contribution in [2.24, 2.45) is 0 Å². The Morgan fingerprint density at radius 1 is 0.977 bits per heavy atom. The maximum atomic E-state index is 13.4. The first-order valence-electron chi connectivity index (χ1n) is 13.1. The van der Waals surface area contributed by atoms with E-state index < -0.39 is 45.2 Å². The summed E-state index contributed by atoms with van der Waals surface area (Å²) in [7, 11) is -2.62. The van der Waals surface area contributed by atoms with Crippen LogP contribution in [0.15, 0.2) is 64.4 Å². The molecule has 44 heavy (non-hydrogen) atoms. The molecule has 0 radical (unpaired) electrons. The van der Waals surface area contributed by atoms with Crippen molar-refractivity contribution < 1.29 is 37.4 Å². The number of carbonyl (C=O) groups is 3. The van der Waals surface area contributed by atoms with E-state index in [1.54, 1.807) is 19.1 Å². The minimum atomic E-state index is -4.10. The van der Waals surface area contributed by atoms with Gasteiger partial charge >= 0.3 is 0 Å². The topological polar surface area (TPSA) is 160 Å². The monoisotopic (exact) mass is 683 g/mol. The SMILES string of the molecule is CCC(C(=O)Nc1cc(O)c(NC(=O)c2ccc(Cl)c(Cl)c2)cc1OCC(=O)NCCOC)S(=O)(=O)c1ccc(SC)cc1. The summed E-state index contributed by atoms with van der Waals surface area (Å²) in [4.78, 5) is 39.3. The van der Waals surface area contributed by atoms with Crippen molar-refractivity contribution >= 4 is 73.9 Å². The number of aromatic hydroxyl groups is 1. The fraction of sp³-hybridized carbons (Fsp3) is 0.276. The second-order valence-corrected chi connectivity index (χ2v) is 13.0. The Morgan fingerprint density at radius 3 is 2.30 bits per heavy atom. The van der Waals surface area contributed by atoms with E-state index in [0.29, 0.717) is 0 Å². The molecule has 0 fully saturated rings. The lowest BCUT2D eigenvalue weighted by atomic mass is 10.2. The molecule has 3 amide bonds. The molecule has 0 aliphatic heterocycles. The lowest BCUT2D eigenvalue weighted by molar-refractivity contribution is -0.123. The number of amides is 3. The number of hydrogen-bond acceptors (Lipinski definition) is 9. The highest BCUT2D eigenvalue weighted by Crippen LogP contribution is 2.37. The number of phenols is 1. The normalized spacial score (nSPS) is 11.8. The molecule has 11 nitrogen and oxygen atoms in total. The Labute approximate surface area is 269 Å². The van der Waals surface area contributed by atoms with E-state index in [1.165, 1.54) is 55.3 Å². The van der Waals surface area contributed by atoms with Gasteiger partial charge in [0.05, 0.1) is 32.9 Å². The number of sulfone groups is 1. The first-order valence-corrected chi connectivity index (χ1v) is 16.6. The van der Waals surface area contributed by atoms with Gasteiger partial charge in [0.2, 0.25) is 5.91 Å². The van der Waals surface area contributed by atoms with Crippen LogP contribution in [-0.4, -0.2) is 69.6 Å². The summed E-state index contributed by atoms with van der Waals surface area (Å²) in [5, 5.41) is 17.2. The van der Waals surface area contributed by atoms with Crippen LogP contribution >= 0.6 is 35.0 Å². The molecule has 0 spiro atoms. The van der Waals surface area contributed by atoms with Gasteiger partial charge in [0.1, 0.15) is 16.7 Å². The van der Waals surface area contributed by atoms with Crippen LogP contribution in [0, 0.1) is 0 Å². The van der Waals surface area contributed by atoms with Crippen molar-refractivity contribution in [3.63, 3.8) is 0 Å². The van der Waals surface area contributed by atoms with E-state index in [0.717, 1.165) is 11.0 Å². The molecule has 0 aromatic heterocycles. The Morgan fingerprint density at radius 2 is 1.68 bits per heavy atom. The summed E-state index contributed by atoms with van der Waals surface area (Å²) >= 11 is 13.4. The van der Waals surface area contributed by atoms with Gasteiger partial charge in [-0.15, -0.1) is 11.8 Å². The number of rotatable bonds is 14. The minimum Gasteiger partial charge on any atom is -0.506 e. The maximum Gasteiger partial charge on any atom is 0.258 e. The number of hydrogen-bond donors (Lipinski definition) is 4. The van der Waals surface area contributed by atoms with Crippen LogP contribution in [0.25, 0.3) is 0 Å². The lowest BCUT2D eigenvalue weighted by Crippen LogP contribution is -2.35. The molecule has 1 unspecified atom stereocenters. The highest BCUT2D eigenvalue weighted by molar-refractivity contribution is 7.98. The predicted molar refractivity (Wildman–Crippen MR) is 171 cm³/mol. The zero-order valence-corrected chi connectivity index (χ0v) is 27.1. The van der Waals surface area contributed by atoms with Gasteiger partial charge < -0.3 is 30.5 Å². The van der Waals surface area contributed by atoms with Crippen LogP contribution in [-0.2, 0) is 24.2 Å². The largest absolute Gasteiger partial charge is 0.506 e. The number of phenolic OH excluding ortho intramolecular Hbond substituents is 1. The zero-order chi connectivity index (χ0) is 32.4. The molecule has 0 aliphatic rings. The molecule has 0 saturated heterocycles. The number of thioether (sulfide) groups is 1. The molecule has 3 aromatic rings. The molecule has 3 rings (SSSR count). The van der Waals surface area contributed by atoms with E-state index in [1.807, 2.05) is 6.26 Å². The van der Waals surface area contributed by atoms with Crippen LogP contribution in [0.1, 0.15) is 23.7 Å². The maximum absolute atomic E-state index is 13.4. The summed E-state index contributed by atoms with van der Waals surface area (Å²) in [6.07, 6.45) is 1.80. The third-order valence-electron chi connectivity index (χ3n) is 6.20. The third-order valence-corrected chi connectivity index (χ3v) is 9.91. The number of halogens is 2. The summed E-state index contributed by atoms with van der Waals surface area (Å²) in [5.41, 5.74) is -0.115. The molecular weight excluding hydrogens is 653 g/mol. The Kier molecular flexibility index (Phi) is 12.7. The van der Waals surface area contributed by atoms with Gasteiger partial charge in [0.25, 0.3) is 11.8 Å². The van der Waals surface area contributed by atoms with Crippen molar-refractivity contribution in [1.29, 1.82) is 0 Å². The van der Waals surface area contributed by atoms with Gasteiger partial charge in [-0.3, -0.25) is 14.4 Å². The Hall–Kier alpha value is -3.49. The van der Waals surface area contributed by atoms with Crippen LogP contribution < -0.4 is 20.7 Å². The van der Waals surface area contributed by atoms with Gasteiger partial charge in [-0.1, -0.05) is 30.1 Å². The molecule has 236 valence electrons. The quantitative estimate of drug-likeness (QED) is 0.104. The first-order chi connectivity index (χ1) is 20.9. The minimum absolute atomic E-state index is 0.0234. The van der Waals surface area contributed by atoms with Crippen LogP contribution in [0.4, 0.5) is 11.4 Å². The van der Waals surface area contributed by atoms with Gasteiger partial charge in [0, 0.05) is 36.2 Å². The van der Waals surface area contributed by atoms with E-state index in [9.17, 15) is 27.9 Å². The Balaban J connectivity index is 1.91. The molecule has 3 aromatic carbocycles. The average Bonchev–Trinajstić information content (AvgIpc) is 2.99. The number of benzene rings is 3. The summed E-state index contributed by atoms with van der Waals surface area (Å²) in [5.74, 6) is -2.66. The van der Waals surface area contributed by atoms with E-state index >= 15 is 0 Å². The summed E-state index contributed by atoms with van der Waals surface area (Å²) in [6.45, 7) is 1.54. The predicted octanol–water partition coefficient (Wildman–Crippen LogP) is 5.01. The fourth-order valence-electron chi connectivity index (χ4n) is 3.89. The van der Waals surface area contributed by atoms with Crippen molar-refractivity contribution in [3.8, 4) is 11.5 Å². The molecule has 4 N–H and O–H groups in total. The molecule has 1 atom stereocenters. The van der Waals surface area contributed by atoms with Gasteiger partial charge in [0.15, 0.2) is 16.4 Å². The summed E-state index contributed by atoms with van der Waals surface area (Å²) in [6, 6.07) is 12.6. The van der Waals surface area contributed by atoms with Crippen molar-refractivity contribution in [1.82, 2.24) is 5.32 Å². The molecule has 0 bridgehead atoms. The number of carbonyl (C=O) groups excluding carboxylic acids is 3. The number of anilines is 2. The van der Waals surface area contributed by atoms with Crippen molar-refractivity contribution in [2.75, 3.05) is 43.8 Å². The standard InChI is InChI=1S/C29H31Cl2N3O8S2/c1-4-26(44(39,40)19-8-6-18(43-3)7-9-19)29(38)34-23-14-24(35)22(15-25(23)42-16-27(36)32-11-12-41-2)33-28(37)17-5-10-20(30)21(31)13-17/h5-10,13-15,26,35H,4,11-12,16H2,1-3H3,(H,32,36)(H,33,37)(H,34,38). The zero-order valence-electron chi connectivity index (χ0n) is 24.0. The van der Waals surface area contributed by atoms with Gasteiger partial charge in [-0.2, -0.15) is 0 Å². The van der Waals surface area contributed by atoms with E-state index in [4.69, 9.17) is 32.7 Å². The highest BCUT2D eigenvalue weighted by atomic mass is 35.5. The second kappa shape index (κ2) is 16.0. The van der Waals surface area contributed by atoms with E-state index in [2.05, 4.69) is 16.0 Å². The van der Waals surface area contributed by atoms with Crippen LogP contribution in [0.5, 0.6) is 11.5 Å². The molecule has 0 aliphatic carbocycles. The molecular formula is C29H31Cl2N3O8S2. The van der Waals surface area contributed by atoms with Gasteiger partial charge in [-0.05, 0) is 55.1 Å². The van der Waals surface area contributed by atoms with E-state index in [-0.39, 0.29) is 57.2 Å². The third kappa shape index (κ3) is 9.02. The molecule has 0 saturated carbocycles. The fourth-order valence-corrected chi connectivity index (χ4v) is 6.22. The lowest BCUT2D eigenvalue weighted by Gasteiger charge is -2.19. The summed E-state index contributed by atoms with van der Waals surface area (Å²) < 4.78 is 37.3. The number of methoxy groups -OCH3 is 1. The van der Waals surface area contributed by atoms with Crippen LogP contribution in [0.3, 0.4) is 0 Å². The first kappa shape index (κ1) is 35.0. The number of ether oxygens (including phenoxy) is 2. The molecule has 0 heterocycles. The smallest absolute Gasteiger partial charge is 0.258 e. The highest BCUT2D eigenvalue weighted by Gasteiger charge is 2.33. The van der Waals surface area contributed by atoms with Gasteiger partial charge in [-0.25, -0.2) is 8.42 Å². The Bertz CT molecular complexity index is 1620. The second-order valence-electron chi connectivity index (χ2n) is 9.19. The average molecular weight is 685 g/mol. The molecule has 15 heteroatoms. The van der Waals surface area contributed by atoms with Crippen molar-refractivity contribution in [3.05, 3.63) is 70.2 Å². The number of nitrogens with one attached hydrogen (secondary N) is 3. The van der Waals surface area contributed by atoms with Crippen molar-refractivity contribution in [2.45, 2.75) is 28.4 Å².